The van der Waals surface area contributed by atoms with Gasteiger partial charge in [-0.25, -0.2) is 4.98 Å². The Hall–Kier alpha value is -1.85. The van der Waals surface area contributed by atoms with E-state index in [1.54, 1.807) is 6.07 Å². The van der Waals surface area contributed by atoms with Gasteiger partial charge in [0.05, 0.1) is 5.69 Å². The van der Waals surface area contributed by atoms with E-state index < -0.39 is 0 Å². The summed E-state index contributed by atoms with van der Waals surface area (Å²) in [6.45, 7) is 5.90. The molecular weight excluding hydrogens is 390 g/mol. The number of benzene rings is 1. The fraction of sp³-hybridized carbons (Fsp3) is 0.222. The molecule has 0 aliphatic carbocycles. The first-order valence-corrected chi connectivity index (χ1v) is 8.82. The number of anilines is 1. The summed E-state index contributed by atoms with van der Waals surface area (Å²) in [5, 5.41) is 3.54. The van der Waals surface area contributed by atoms with Crippen molar-refractivity contribution in [2.45, 2.75) is 27.2 Å². The van der Waals surface area contributed by atoms with Crippen molar-refractivity contribution in [3.05, 3.63) is 62.5 Å². The van der Waals surface area contributed by atoms with E-state index in [1.165, 1.54) is 0 Å². The van der Waals surface area contributed by atoms with E-state index in [4.69, 9.17) is 11.6 Å². The van der Waals surface area contributed by atoms with Crippen LogP contribution in [0.3, 0.4) is 0 Å². The highest BCUT2D eigenvalue weighted by Crippen LogP contribution is 2.24. The average molecular weight is 407 g/mol. The molecule has 3 rings (SSSR count). The molecule has 124 valence electrons. The van der Waals surface area contributed by atoms with Gasteiger partial charge < -0.3 is 5.32 Å². The monoisotopic (exact) mass is 405 g/mol. The third-order valence-corrected chi connectivity index (χ3v) is 4.76. The SMILES string of the molecule is CCc1nc2c(C)cc(Br)cn2c1C(=O)Nc1ccc(C)c(Cl)c1. The first-order valence-electron chi connectivity index (χ1n) is 7.65. The number of hydrogen-bond donors (Lipinski definition) is 1. The van der Waals surface area contributed by atoms with Crippen LogP contribution < -0.4 is 5.32 Å². The largest absolute Gasteiger partial charge is 0.321 e. The van der Waals surface area contributed by atoms with Crippen molar-refractivity contribution in [1.29, 1.82) is 0 Å². The number of hydrogen-bond acceptors (Lipinski definition) is 2. The van der Waals surface area contributed by atoms with Crippen molar-refractivity contribution in [3.63, 3.8) is 0 Å². The van der Waals surface area contributed by atoms with Gasteiger partial charge in [0.15, 0.2) is 0 Å². The first-order chi connectivity index (χ1) is 11.4. The fourth-order valence-electron chi connectivity index (χ4n) is 2.66. The smallest absolute Gasteiger partial charge is 0.274 e. The summed E-state index contributed by atoms with van der Waals surface area (Å²) < 4.78 is 2.74. The lowest BCUT2D eigenvalue weighted by atomic mass is 10.2. The number of aromatic nitrogens is 2. The van der Waals surface area contributed by atoms with Crippen molar-refractivity contribution in [1.82, 2.24) is 9.38 Å². The number of nitrogens with one attached hydrogen (secondary N) is 1. The second kappa shape index (κ2) is 6.57. The Balaban J connectivity index is 2.07. The second-order valence-corrected chi connectivity index (χ2v) is 7.04. The Bertz CT molecular complexity index is 949. The Morgan fingerprint density at radius 3 is 2.71 bits per heavy atom. The van der Waals surface area contributed by atoms with Gasteiger partial charge in [-0.1, -0.05) is 24.6 Å². The third-order valence-electron chi connectivity index (χ3n) is 3.92. The number of aryl methyl sites for hydroxylation is 3. The molecule has 0 atom stereocenters. The van der Waals surface area contributed by atoms with Crippen molar-refractivity contribution in [2.75, 3.05) is 5.32 Å². The van der Waals surface area contributed by atoms with Gasteiger partial charge in [0.25, 0.3) is 5.91 Å². The molecule has 2 heterocycles. The molecule has 0 saturated carbocycles. The maximum Gasteiger partial charge on any atom is 0.274 e. The number of pyridine rings is 1. The highest BCUT2D eigenvalue weighted by Gasteiger charge is 2.20. The van der Waals surface area contributed by atoms with Crippen LogP contribution in [0, 0.1) is 13.8 Å². The van der Waals surface area contributed by atoms with Crippen molar-refractivity contribution in [3.8, 4) is 0 Å². The standard InChI is InChI=1S/C18H17BrClN3O/c1-4-15-16(23-9-12(19)7-11(3)17(23)22-15)18(24)21-13-6-5-10(2)14(20)8-13/h5-9H,4H2,1-3H3,(H,21,24). The van der Waals surface area contributed by atoms with Crippen LogP contribution in [-0.4, -0.2) is 15.3 Å². The van der Waals surface area contributed by atoms with Crippen LogP contribution in [0.4, 0.5) is 5.69 Å². The van der Waals surface area contributed by atoms with Crippen molar-refractivity contribution in [2.24, 2.45) is 0 Å². The van der Waals surface area contributed by atoms with Crippen LogP contribution in [0.1, 0.15) is 34.2 Å². The molecule has 6 heteroatoms. The molecular formula is C18H17BrClN3O. The lowest BCUT2D eigenvalue weighted by molar-refractivity contribution is 0.102. The first kappa shape index (κ1) is 17.0. The molecule has 0 spiro atoms. The Morgan fingerprint density at radius 2 is 2.04 bits per heavy atom. The molecule has 24 heavy (non-hydrogen) atoms. The topological polar surface area (TPSA) is 46.4 Å². The number of halogens is 2. The molecule has 0 radical (unpaired) electrons. The third kappa shape index (κ3) is 3.06. The van der Waals surface area contributed by atoms with Crippen LogP contribution in [-0.2, 0) is 6.42 Å². The number of carbonyl (C=O) groups excluding carboxylic acids is 1. The van der Waals surface area contributed by atoms with E-state index in [0.717, 1.165) is 26.9 Å². The molecule has 0 bridgehead atoms. The molecule has 0 aliphatic rings. The van der Waals surface area contributed by atoms with E-state index in [-0.39, 0.29) is 5.91 Å². The summed E-state index contributed by atoms with van der Waals surface area (Å²) in [6, 6.07) is 7.47. The lowest BCUT2D eigenvalue weighted by Gasteiger charge is -2.09. The van der Waals surface area contributed by atoms with Crippen LogP contribution in [0.15, 0.2) is 34.9 Å². The summed E-state index contributed by atoms with van der Waals surface area (Å²) in [6.07, 6.45) is 2.54. The highest BCUT2D eigenvalue weighted by molar-refractivity contribution is 9.10. The molecule has 1 N–H and O–H groups in total. The molecule has 3 aromatic rings. The fourth-order valence-corrected chi connectivity index (χ4v) is 3.39. The number of amides is 1. The minimum atomic E-state index is -0.197. The predicted octanol–water partition coefficient (Wildman–Crippen LogP) is 5.18. The predicted molar refractivity (Wildman–Crippen MR) is 101 cm³/mol. The zero-order chi connectivity index (χ0) is 17.4. The van der Waals surface area contributed by atoms with E-state index in [9.17, 15) is 4.79 Å². The number of carbonyl (C=O) groups is 1. The Morgan fingerprint density at radius 1 is 1.29 bits per heavy atom. The molecule has 2 aromatic heterocycles. The number of rotatable bonds is 3. The second-order valence-electron chi connectivity index (χ2n) is 5.71. The summed E-state index contributed by atoms with van der Waals surface area (Å²) in [7, 11) is 0. The molecule has 4 nitrogen and oxygen atoms in total. The maximum absolute atomic E-state index is 12.9. The van der Waals surface area contributed by atoms with E-state index >= 15 is 0 Å². The van der Waals surface area contributed by atoms with Gasteiger partial charge in [-0.15, -0.1) is 0 Å². The zero-order valence-electron chi connectivity index (χ0n) is 13.7. The molecule has 0 fully saturated rings. The van der Waals surface area contributed by atoms with E-state index in [0.29, 0.717) is 22.8 Å². The van der Waals surface area contributed by atoms with Crippen molar-refractivity contribution >= 4 is 44.8 Å². The van der Waals surface area contributed by atoms with Gasteiger partial charge in [-0.3, -0.25) is 9.20 Å². The number of fused-ring (bicyclic) bond motifs is 1. The molecule has 0 unspecified atom stereocenters. The molecule has 1 amide bonds. The maximum atomic E-state index is 12.9. The zero-order valence-corrected chi connectivity index (χ0v) is 16.0. The van der Waals surface area contributed by atoms with Gasteiger partial charge in [-0.2, -0.15) is 0 Å². The Labute approximate surface area is 154 Å². The Kier molecular flexibility index (Phi) is 4.65. The minimum absolute atomic E-state index is 0.197. The van der Waals surface area contributed by atoms with E-state index in [1.807, 2.05) is 49.6 Å². The van der Waals surface area contributed by atoms with Gasteiger partial charge in [-0.05, 0) is 65.5 Å². The van der Waals surface area contributed by atoms with Crippen LogP contribution in [0.25, 0.3) is 5.65 Å². The number of imidazole rings is 1. The quantitative estimate of drug-likeness (QED) is 0.651. The summed E-state index contributed by atoms with van der Waals surface area (Å²) in [5.74, 6) is -0.197. The van der Waals surface area contributed by atoms with Gasteiger partial charge in [0.1, 0.15) is 11.3 Å². The average Bonchev–Trinajstić information content (AvgIpc) is 2.89. The lowest BCUT2D eigenvalue weighted by Crippen LogP contribution is -2.16. The number of nitrogens with zero attached hydrogens (tertiary/aromatic N) is 2. The van der Waals surface area contributed by atoms with Gasteiger partial charge in [0, 0.05) is 21.4 Å². The van der Waals surface area contributed by atoms with E-state index in [2.05, 4.69) is 26.2 Å². The summed E-state index contributed by atoms with van der Waals surface area (Å²) in [5.41, 5.74) is 4.76. The van der Waals surface area contributed by atoms with Crippen LogP contribution >= 0.6 is 27.5 Å². The highest BCUT2D eigenvalue weighted by atomic mass is 79.9. The van der Waals surface area contributed by atoms with Crippen LogP contribution in [0.5, 0.6) is 0 Å². The normalized spacial score (nSPS) is 11.0. The summed E-state index contributed by atoms with van der Waals surface area (Å²) >= 11 is 9.63. The minimum Gasteiger partial charge on any atom is -0.321 e. The van der Waals surface area contributed by atoms with Gasteiger partial charge >= 0.3 is 0 Å². The molecule has 1 aromatic carbocycles. The molecule has 0 aliphatic heterocycles. The molecule has 0 saturated heterocycles. The summed E-state index contributed by atoms with van der Waals surface area (Å²) in [4.78, 5) is 17.5. The van der Waals surface area contributed by atoms with Gasteiger partial charge in [0.2, 0.25) is 0 Å². The van der Waals surface area contributed by atoms with Crippen LogP contribution in [0.2, 0.25) is 5.02 Å². The van der Waals surface area contributed by atoms with Crippen molar-refractivity contribution < 1.29 is 4.79 Å².